The lowest BCUT2D eigenvalue weighted by Gasteiger charge is -2.23. The predicted octanol–water partition coefficient (Wildman–Crippen LogP) is 4.08. The van der Waals surface area contributed by atoms with Crippen LogP contribution in [0.1, 0.15) is 22.3 Å². The van der Waals surface area contributed by atoms with Gasteiger partial charge in [-0.05, 0) is 56.9 Å². The molecule has 0 atom stereocenters. The molecular weight excluding hydrogens is 449 g/mol. The second kappa shape index (κ2) is 9.32. The Labute approximate surface area is 195 Å². The Bertz CT molecular complexity index is 1350. The van der Waals surface area contributed by atoms with Crippen molar-refractivity contribution in [3.63, 3.8) is 0 Å². The highest BCUT2D eigenvalue weighted by Gasteiger charge is 2.22. The van der Waals surface area contributed by atoms with E-state index in [1.807, 2.05) is 32.3 Å². The topological polar surface area (TPSA) is 73.7 Å². The van der Waals surface area contributed by atoms with Gasteiger partial charge in [-0.3, -0.25) is 9.59 Å². The number of benzene rings is 2. The van der Waals surface area contributed by atoms with Gasteiger partial charge in [0.15, 0.2) is 0 Å². The largest absolute Gasteiger partial charge is 0.334 e. The van der Waals surface area contributed by atoms with Crippen LogP contribution in [-0.4, -0.2) is 57.5 Å². The minimum Gasteiger partial charge on any atom is -0.334 e. The maximum atomic E-state index is 13.6. The van der Waals surface area contributed by atoms with E-state index in [9.17, 15) is 9.59 Å². The zero-order valence-corrected chi connectivity index (χ0v) is 19.3. The number of carbonyl (C=O) groups is 1. The second-order valence-corrected chi connectivity index (χ2v) is 8.74. The zero-order chi connectivity index (χ0) is 22.8. The fraction of sp³-hybridized carbons (Fsp3) is 0.261. The molecule has 4 aromatic rings. The van der Waals surface area contributed by atoms with E-state index in [-0.39, 0.29) is 11.5 Å². The summed E-state index contributed by atoms with van der Waals surface area (Å²) in [4.78, 5) is 32.8. The summed E-state index contributed by atoms with van der Waals surface area (Å²) < 4.78 is 1.60. The highest BCUT2D eigenvalue weighted by atomic mass is 35.5. The van der Waals surface area contributed by atoms with Crippen LogP contribution in [0.3, 0.4) is 0 Å². The van der Waals surface area contributed by atoms with Gasteiger partial charge in [-0.1, -0.05) is 41.4 Å². The average molecular weight is 472 g/mol. The van der Waals surface area contributed by atoms with Gasteiger partial charge in [-0.2, -0.15) is 5.10 Å². The van der Waals surface area contributed by atoms with Gasteiger partial charge in [-0.15, -0.1) is 0 Å². The van der Waals surface area contributed by atoms with Gasteiger partial charge in [0.2, 0.25) is 0 Å². The molecule has 0 aliphatic carbocycles. The molecule has 1 N–H and O–H groups in total. The van der Waals surface area contributed by atoms with Gasteiger partial charge >= 0.3 is 0 Å². The lowest BCUT2D eigenvalue weighted by Crippen LogP contribution is -2.33. The Morgan fingerprint density at radius 2 is 1.88 bits per heavy atom. The first-order chi connectivity index (χ1) is 15.3. The standard InChI is InChI=1S/C23H23Cl2N5O2/c1-28(2)10-5-11-29(14-15-8-9-18(24)19(25)12-15)23(32)17-13-26-30-20-7-4-3-6-16(20)22(31)27-21(17)30/h3-4,6-9,12-13H,5,10-11,14H2,1-2H3,(H,27,31). The number of hydrogen-bond donors (Lipinski definition) is 1. The summed E-state index contributed by atoms with van der Waals surface area (Å²) in [6.07, 6.45) is 2.30. The summed E-state index contributed by atoms with van der Waals surface area (Å²) in [7, 11) is 3.98. The Hall–Kier alpha value is -2.87. The highest BCUT2D eigenvalue weighted by Crippen LogP contribution is 2.24. The van der Waals surface area contributed by atoms with Crippen molar-refractivity contribution in [2.24, 2.45) is 0 Å². The molecule has 0 aliphatic heterocycles. The molecule has 0 fully saturated rings. The minimum absolute atomic E-state index is 0.212. The van der Waals surface area contributed by atoms with E-state index in [1.165, 1.54) is 6.20 Å². The van der Waals surface area contributed by atoms with Crippen LogP contribution >= 0.6 is 23.2 Å². The fourth-order valence-electron chi connectivity index (χ4n) is 3.69. The summed E-state index contributed by atoms with van der Waals surface area (Å²) in [6.45, 7) is 1.73. The van der Waals surface area contributed by atoms with Crippen LogP contribution in [0.4, 0.5) is 0 Å². The third-order valence-electron chi connectivity index (χ3n) is 5.29. The van der Waals surface area contributed by atoms with E-state index in [2.05, 4.69) is 15.0 Å². The van der Waals surface area contributed by atoms with Crippen LogP contribution in [0, 0.1) is 0 Å². The molecule has 166 valence electrons. The number of para-hydroxylation sites is 1. The lowest BCUT2D eigenvalue weighted by molar-refractivity contribution is 0.0739. The molecule has 9 heteroatoms. The first kappa shape index (κ1) is 22.3. The smallest absolute Gasteiger partial charge is 0.259 e. The molecule has 0 bridgehead atoms. The highest BCUT2D eigenvalue weighted by molar-refractivity contribution is 6.42. The number of aromatic amines is 1. The quantitative estimate of drug-likeness (QED) is 0.440. The van der Waals surface area contributed by atoms with E-state index < -0.39 is 0 Å². The SMILES string of the molecule is CN(C)CCCN(Cc1ccc(Cl)c(Cl)c1)C(=O)c1cnn2c1[nH]c(=O)c1ccccc12. The number of aromatic nitrogens is 3. The number of rotatable bonds is 7. The third-order valence-corrected chi connectivity index (χ3v) is 6.03. The van der Waals surface area contributed by atoms with Crippen molar-refractivity contribution in [1.82, 2.24) is 24.4 Å². The van der Waals surface area contributed by atoms with Crippen LogP contribution in [0.2, 0.25) is 10.0 Å². The number of nitrogens with one attached hydrogen (secondary N) is 1. The maximum Gasteiger partial charge on any atom is 0.259 e. The van der Waals surface area contributed by atoms with Crippen LogP contribution < -0.4 is 5.56 Å². The first-order valence-corrected chi connectivity index (χ1v) is 11.0. The molecule has 2 aromatic heterocycles. The van der Waals surface area contributed by atoms with Crippen LogP contribution in [0.25, 0.3) is 16.6 Å². The van der Waals surface area contributed by atoms with Gasteiger partial charge < -0.3 is 14.8 Å². The molecule has 0 spiro atoms. The summed E-state index contributed by atoms with van der Waals surface area (Å²) in [5.41, 5.74) is 1.98. The third kappa shape index (κ3) is 4.50. The number of halogens is 2. The number of nitrogens with zero attached hydrogens (tertiary/aromatic N) is 4. The van der Waals surface area contributed by atoms with Crippen LogP contribution in [-0.2, 0) is 6.54 Å². The minimum atomic E-state index is -0.258. The molecule has 4 rings (SSSR count). The summed E-state index contributed by atoms with van der Waals surface area (Å²) in [5, 5.41) is 5.81. The molecule has 32 heavy (non-hydrogen) atoms. The molecule has 7 nitrogen and oxygen atoms in total. The van der Waals surface area contributed by atoms with Gasteiger partial charge in [0.1, 0.15) is 11.2 Å². The Morgan fingerprint density at radius 1 is 1.09 bits per heavy atom. The van der Waals surface area contributed by atoms with Gasteiger partial charge in [0.25, 0.3) is 11.5 Å². The molecule has 0 radical (unpaired) electrons. The Morgan fingerprint density at radius 3 is 2.62 bits per heavy atom. The van der Waals surface area contributed by atoms with Gasteiger partial charge in [0.05, 0.1) is 27.1 Å². The predicted molar refractivity (Wildman–Crippen MR) is 128 cm³/mol. The Kier molecular flexibility index (Phi) is 6.50. The van der Waals surface area contributed by atoms with Crippen molar-refractivity contribution >= 4 is 45.7 Å². The van der Waals surface area contributed by atoms with Crippen molar-refractivity contribution in [2.45, 2.75) is 13.0 Å². The van der Waals surface area contributed by atoms with E-state index in [1.54, 1.807) is 33.7 Å². The molecule has 0 unspecified atom stereocenters. The van der Waals surface area contributed by atoms with Crippen molar-refractivity contribution in [1.29, 1.82) is 0 Å². The molecular formula is C23H23Cl2N5O2. The van der Waals surface area contributed by atoms with Gasteiger partial charge in [0, 0.05) is 13.1 Å². The van der Waals surface area contributed by atoms with Crippen molar-refractivity contribution in [3.8, 4) is 0 Å². The average Bonchev–Trinajstić information content (AvgIpc) is 3.19. The van der Waals surface area contributed by atoms with Crippen molar-refractivity contribution in [3.05, 3.63) is 80.2 Å². The van der Waals surface area contributed by atoms with E-state index in [4.69, 9.17) is 23.2 Å². The number of hydrogen-bond acceptors (Lipinski definition) is 4. The number of fused-ring (bicyclic) bond motifs is 3. The summed E-state index contributed by atoms with van der Waals surface area (Å²) in [6, 6.07) is 12.5. The van der Waals surface area contributed by atoms with Crippen molar-refractivity contribution in [2.75, 3.05) is 27.2 Å². The molecule has 0 aliphatic rings. The van der Waals surface area contributed by atoms with E-state index in [0.29, 0.717) is 45.2 Å². The molecule has 1 amide bonds. The zero-order valence-electron chi connectivity index (χ0n) is 17.8. The molecule has 0 saturated heterocycles. The van der Waals surface area contributed by atoms with Crippen molar-refractivity contribution < 1.29 is 4.79 Å². The van der Waals surface area contributed by atoms with Crippen LogP contribution in [0.15, 0.2) is 53.5 Å². The fourth-order valence-corrected chi connectivity index (χ4v) is 4.01. The second-order valence-electron chi connectivity index (χ2n) is 7.92. The lowest BCUT2D eigenvalue weighted by atomic mass is 10.1. The first-order valence-electron chi connectivity index (χ1n) is 10.2. The Balaban J connectivity index is 1.71. The van der Waals surface area contributed by atoms with E-state index >= 15 is 0 Å². The summed E-state index contributed by atoms with van der Waals surface area (Å²) >= 11 is 12.2. The number of amides is 1. The maximum absolute atomic E-state index is 13.6. The number of carbonyl (C=O) groups excluding carboxylic acids is 1. The van der Waals surface area contributed by atoms with E-state index in [0.717, 1.165) is 18.5 Å². The van der Waals surface area contributed by atoms with Crippen LogP contribution in [0.5, 0.6) is 0 Å². The monoisotopic (exact) mass is 471 g/mol. The number of H-pyrrole nitrogens is 1. The summed E-state index contributed by atoms with van der Waals surface area (Å²) in [5.74, 6) is -0.212. The normalized spacial score (nSPS) is 11.5. The molecule has 2 heterocycles. The van der Waals surface area contributed by atoms with Gasteiger partial charge in [-0.25, -0.2) is 4.52 Å². The molecule has 2 aromatic carbocycles. The molecule has 0 saturated carbocycles.